The predicted molar refractivity (Wildman–Crippen MR) is 89.0 cm³/mol. The van der Waals surface area contributed by atoms with Crippen molar-refractivity contribution in [3.63, 3.8) is 0 Å². The molecule has 0 amide bonds. The fraction of sp³-hybridized carbons (Fsp3) is 0.188. The topological polar surface area (TPSA) is 49.3 Å². The molecule has 0 aliphatic heterocycles. The normalized spacial score (nSPS) is 11.9. The van der Waals surface area contributed by atoms with Crippen molar-refractivity contribution in [3.05, 3.63) is 63.2 Å². The van der Waals surface area contributed by atoms with E-state index < -0.39 is 11.9 Å². The molecule has 104 valence electrons. The first kappa shape index (κ1) is 14.8. The summed E-state index contributed by atoms with van der Waals surface area (Å²) >= 11 is 2.30. The molecule has 1 unspecified atom stereocenters. The van der Waals surface area contributed by atoms with Gasteiger partial charge >= 0.3 is 5.97 Å². The number of carboxylic acids is 1. The Kier molecular flexibility index (Phi) is 5.00. The van der Waals surface area contributed by atoms with Crippen molar-refractivity contribution < 1.29 is 9.90 Å². The SMILES string of the molecule is CC(C(=O)O)c1ccc(CNc2ccccc2I)cc1. The van der Waals surface area contributed by atoms with Crippen molar-refractivity contribution in [1.29, 1.82) is 0 Å². The van der Waals surface area contributed by atoms with Crippen molar-refractivity contribution in [3.8, 4) is 0 Å². The molecular formula is C16H16INO2. The Balaban J connectivity index is 2.01. The van der Waals surface area contributed by atoms with E-state index >= 15 is 0 Å². The number of anilines is 1. The summed E-state index contributed by atoms with van der Waals surface area (Å²) in [6.45, 7) is 2.42. The number of para-hydroxylation sites is 1. The van der Waals surface area contributed by atoms with Crippen molar-refractivity contribution in [2.24, 2.45) is 0 Å². The monoisotopic (exact) mass is 381 g/mol. The highest BCUT2D eigenvalue weighted by atomic mass is 127. The summed E-state index contributed by atoms with van der Waals surface area (Å²) in [6, 6.07) is 15.8. The third-order valence-electron chi connectivity index (χ3n) is 3.21. The van der Waals surface area contributed by atoms with Crippen LogP contribution in [0.3, 0.4) is 0 Å². The summed E-state index contributed by atoms with van der Waals surface area (Å²) in [5.74, 6) is -1.26. The Morgan fingerprint density at radius 3 is 2.45 bits per heavy atom. The van der Waals surface area contributed by atoms with Gasteiger partial charge in [-0.15, -0.1) is 0 Å². The summed E-state index contributed by atoms with van der Waals surface area (Å²) < 4.78 is 1.18. The standard InChI is InChI=1S/C16H16INO2/c1-11(16(19)20)13-8-6-12(7-9-13)10-18-15-5-3-2-4-14(15)17/h2-9,11,18H,10H2,1H3,(H,19,20). The van der Waals surface area contributed by atoms with Gasteiger partial charge in [-0.05, 0) is 52.8 Å². The van der Waals surface area contributed by atoms with Gasteiger partial charge in [-0.25, -0.2) is 0 Å². The zero-order valence-corrected chi connectivity index (χ0v) is 13.3. The van der Waals surface area contributed by atoms with Crippen molar-refractivity contribution in [1.82, 2.24) is 0 Å². The third kappa shape index (κ3) is 3.72. The number of hydrogen-bond acceptors (Lipinski definition) is 2. The molecule has 2 N–H and O–H groups in total. The van der Waals surface area contributed by atoms with Gasteiger partial charge in [0.15, 0.2) is 0 Å². The van der Waals surface area contributed by atoms with E-state index in [2.05, 4.69) is 34.0 Å². The van der Waals surface area contributed by atoms with Gasteiger partial charge in [-0.2, -0.15) is 0 Å². The molecule has 0 saturated heterocycles. The molecule has 0 aliphatic carbocycles. The van der Waals surface area contributed by atoms with E-state index in [4.69, 9.17) is 5.11 Å². The van der Waals surface area contributed by atoms with Crippen LogP contribution in [0.4, 0.5) is 5.69 Å². The van der Waals surface area contributed by atoms with E-state index in [1.165, 1.54) is 3.57 Å². The van der Waals surface area contributed by atoms with Gasteiger partial charge in [-0.3, -0.25) is 4.79 Å². The molecule has 0 aromatic heterocycles. The average molecular weight is 381 g/mol. The van der Waals surface area contributed by atoms with Gasteiger partial charge in [0.2, 0.25) is 0 Å². The molecule has 0 fully saturated rings. The van der Waals surface area contributed by atoms with E-state index in [-0.39, 0.29) is 0 Å². The van der Waals surface area contributed by atoms with Crippen LogP contribution < -0.4 is 5.32 Å². The summed E-state index contributed by atoms with van der Waals surface area (Å²) in [6.07, 6.45) is 0. The van der Waals surface area contributed by atoms with E-state index in [1.54, 1.807) is 6.92 Å². The number of hydrogen-bond donors (Lipinski definition) is 2. The molecule has 4 heteroatoms. The molecular weight excluding hydrogens is 365 g/mol. The summed E-state index contributed by atoms with van der Waals surface area (Å²) in [5, 5.41) is 12.4. The molecule has 3 nitrogen and oxygen atoms in total. The molecule has 20 heavy (non-hydrogen) atoms. The first-order valence-corrected chi connectivity index (χ1v) is 7.46. The summed E-state index contributed by atoms with van der Waals surface area (Å²) in [4.78, 5) is 10.9. The maximum Gasteiger partial charge on any atom is 0.310 e. The second-order valence-corrected chi connectivity index (χ2v) is 5.80. The third-order valence-corrected chi connectivity index (χ3v) is 4.15. The van der Waals surface area contributed by atoms with E-state index in [1.807, 2.05) is 42.5 Å². The van der Waals surface area contributed by atoms with Crippen LogP contribution in [-0.2, 0) is 11.3 Å². The molecule has 2 aromatic rings. The lowest BCUT2D eigenvalue weighted by molar-refractivity contribution is -0.138. The van der Waals surface area contributed by atoms with Crippen LogP contribution in [0.25, 0.3) is 0 Å². The minimum absolute atomic E-state index is 0.466. The zero-order chi connectivity index (χ0) is 14.5. The predicted octanol–water partition coefficient (Wildman–Crippen LogP) is 4.09. The minimum atomic E-state index is -0.797. The number of halogens is 1. The minimum Gasteiger partial charge on any atom is -0.481 e. The summed E-state index contributed by atoms with van der Waals surface area (Å²) in [7, 11) is 0. The van der Waals surface area contributed by atoms with Crippen LogP contribution in [0.1, 0.15) is 24.0 Å². The van der Waals surface area contributed by atoms with Gasteiger partial charge in [0.25, 0.3) is 0 Å². The molecule has 0 bridgehead atoms. The van der Waals surface area contributed by atoms with Gasteiger partial charge < -0.3 is 10.4 Å². The fourth-order valence-corrected chi connectivity index (χ4v) is 2.45. The maximum atomic E-state index is 10.9. The largest absolute Gasteiger partial charge is 0.481 e. The van der Waals surface area contributed by atoms with E-state index in [9.17, 15) is 4.79 Å². The molecule has 0 saturated carbocycles. The molecule has 0 spiro atoms. The van der Waals surface area contributed by atoms with Crippen molar-refractivity contribution in [2.75, 3.05) is 5.32 Å². The second kappa shape index (κ2) is 6.74. The molecule has 1 atom stereocenters. The van der Waals surface area contributed by atoms with Crippen molar-refractivity contribution >= 4 is 34.2 Å². The lowest BCUT2D eigenvalue weighted by atomic mass is 10.00. The van der Waals surface area contributed by atoms with Gasteiger partial charge in [0.1, 0.15) is 0 Å². The fourth-order valence-electron chi connectivity index (χ4n) is 1.87. The number of benzene rings is 2. The lowest BCUT2D eigenvalue weighted by Crippen LogP contribution is -2.07. The highest BCUT2D eigenvalue weighted by Gasteiger charge is 2.12. The number of carboxylic acid groups (broad SMARTS) is 1. The Hall–Kier alpha value is -1.56. The smallest absolute Gasteiger partial charge is 0.310 e. The Bertz CT molecular complexity index is 596. The molecule has 2 rings (SSSR count). The van der Waals surface area contributed by atoms with Crippen LogP contribution in [-0.4, -0.2) is 11.1 Å². The second-order valence-electron chi connectivity index (χ2n) is 4.63. The van der Waals surface area contributed by atoms with Crippen LogP contribution in [0.15, 0.2) is 48.5 Å². The Labute approximate surface area is 132 Å². The first-order chi connectivity index (χ1) is 9.58. The number of carbonyl (C=O) groups is 1. The number of rotatable bonds is 5. The van der Waals surface area contributed by atoms with Crippen LogP contribution >= 0.6 is 22.6 Å². The zero-order valence-electron chi connectivity index (χ0n) is 11.1. The van der Waals surface area contributed by atoms with Gasteiger partial charge in [0, 0.05) is 15.8 Å². The average Bonchev–Trinajstić information content (AvgIpc) is 2.46. The maximum absolute atomic E-state index is 10.9. The quantitative estimate of drug-likeness (QED) is 0.768. The number of nitrogens with one attached hydrogen (secondary N) is 1. The highest BCUT2D eigenvalue weighted by Crippen LogP contribution is 2.19. The molecule has 2 aromatic carbocycles. The van der Waals surface area contributed by atoms with E-state index in [0.717, 1.165) is 23.4 Å². The van der Waals surface area contributed by atoms with Gasteiger partial charge in [0.05, 0.1) is 5.92 Å². The molecule has 0 aliphatic rings. The lowest BCUT2D eigenvalue weighted by Gasteiger charge is -2.10. The van der Waals surface area contributed by atoms with Gasteiger partial charge in [-0.1, -0.05) is 36.4 Å². The van der Waals surface area contributed by atoms with E-state index in [0.29, 0.717) is 0 Å². The molecule has 0 heterocycles. The summed E-state index contributed by atoms with van der Waals surface area (Å²) in [5.41, 5.74) is 3.07. The number of aliphatic carboxylic acids is 1. The van der Waals surface area contributed by atoms with Crippen LogP contribution in [0.5, 0.6) is 0 Å². The van der Waals surface area contributed by atoms with Crippen molar-refractivity contribution in [2.45, 2.75) is 19.4 Å². The Morgan fingerprint density at radius 1 is 1.20 bits per heavy atom. The Morgan fingerprint density at radius 2 is 1.85 bits per heavy atom. The molecule has 0 radical (unpaired) electrons. The van der Waals surface area contributed by atoms with Crippen LogP contribution in [0, 0.1) is 3.57 Å². The first-order valence-electron chi connectivity index (χ1n) is 6.38. The van der Waals surface area contributed by atoms with Crippen LogP contribution in [0.2, 0.25) is 0 Å². The highest BCUT2D eigenvalue weighted by molar-refractivity contribution is 14.1.